The van der Waals surface area contributed by atoms with Crippen LogP contribution in [0.4, 0.5) is 39.5 Å². The fraction of sp³-hybridized carbons (Fsp3) is 0.143. The molecule has 0 saturated heterocycles. The molecule has 13 heteroatoms. The van der Waals surface area contributed by atoms with Gasteiger partial charge in [-0.1, -0.05) is 12.1 Å². The third-order valence-corrected chi connectivity index (χ3v) is 4.07. The molecular weight excluding hydrogens is 419 g/mol. The van der Waals surface area contributed by atoms with Crippen LogP contribution in [0.3, 0.4) is 0 Å². The summed E-state index contributed by atoms with van der Waals surface area (Å²) in [5.74, 6) is -7.97. The maximum atomic E-state index is 14.2. The highest BCUT2D eigenvalue weighted by Gasteiger charge is 2.50. The molecule has 0 saturated carbocycles. The van der Waals surface area contributed by atoms with E-state index in [-0.39, 0.29) is 12.1 Å². The zero-order valence-corrected chi connectivity index (χ0v) is 13.2. The van der Waals surface area contributed by atoms with E-state index in [1.165, 1.54) is 0 Å². The highest BCUT2D eigenvalue weighted by Crippen LogP contribution is 2.43. The maximum absolute atomic E-state index is 14.2. The second kappa shape index (κ2) is 6.62. The molecule has 0 bridgehead atoms. The van der Waals surface area contributed by atoms with Crippen molar-refractivity contribution in [3.63, 3.8) is 0 Å². The van der Waals surface area contributed by atoms with Crippen LogP contribution in [0.15, 0.2) is 30.3 Å². The molecule has 0 aliphatic carbocycles. The summed E-state index contributed by atoms with van der Waals surface area (Å²) >= 11 is 0. The monoisotopic (exact) mass is 424 g/mol. The van der Waals surface area contributed by atoms with Gasteiger partial charge in [-0.2, -0.15) is 34.8 Å². The highest BCUT2D eigenvalue weighted by atomic mass is 32.2. The Morgan fingerprint density at radius 1 is 0.778 bits per heavy atom. The summed E-state index contributed by atoms with van der Waals surface area (Å²) in [5.41, 5.74) is -10.5. The Bertz CT molecular complexity index is 979. The Labute approximate surface area is 145 Å². The van der Waals surface area contributed by atoms with E-state index in [1.807, 2.05) is 0 Å². The average molecular weight is 424 g/mol. The molecule has 0 N–H and O–H groups in total. The third-order valence-electron chi connectivity index (χ3n) is 3.12. The topological polar surface area (TPSA) is 43.4 Å². The van der Waals surface area contributed by atoms with Gasteiger partial charge in [-0.25, -0.2) is 13.2 Å². The molecule has 0 heterocycles. The van der Waals surface area contributed by atoms with Gasteiger partial charge in [-0.3, -0.25) is 0 Å². The van der Waals surface area contributed by atoms with E-state index in [1.54, 1.807) is 0 Å². The normalized spacial score (nSPS) is 12.9. The van der Waals surface area contributed by atoms with Crippen LogP contribution in [0.5, 0.6) is 5.75 Å². The van der Waals surface area contributed by atoms with E-state index in [9.17, 15) is 47.9 Å². The Morgan fingerprint density at radius 2 is 1.37 bits per heavy atom. The van der Waals surface area contributed by atoms with Gasteiger partial charge in [0, 0.05) is 11.1 Å². The van der Waals surface area contributed by atoms with E-state index in [0.717, 1.165) is 6.07 Å². The van der Waals surface area contributed by atoms with Crippen molar-refractivity contribution < 1.29 is 52.1 Å². The number of alkyl halides is 6. The zero-order valence-electron chi connectivity index (χ0n) is 12.4. The second-order valence-electron chi connectivity index (χ2n) is 4.89. The van der Waals surface area contributed by atoms with Crippen molar-refractivity contribution in [2.24, 2.45) is 0 Å². The first-order chi connectivity index (χ1) is 12.2. The predicted molar refractivity (Wildman–Crippen MR) is 72.4 cm³/mol. The fourth-order valence-electron chi connectivity index (χ4n) is 1.94. The summed E-state index contributed by atoms with van der Waals surface area (Å²) < 4.78 is 143. The van der Waals surface area contributed by atoms with Crippen LogP contribution >= 0.6 is 0 Å². The van der Waals surface area contributed by atoms with Crippen LogP contribution in [-0.2, 0) is 16.3 Å². The molecule has 0 aliphatic heterocycles. The van der Waals surface area contributed by atoms with Gasteiger partial charge in [-0.15, -0.1) is 0 Å². The molecule has 0 atom stereocenters. The van der Waals surface area contributed by atoms with Gasteiger partial charge in [0.05, 0.1) is 5.56 Å². The standard InChI is InChI=1S/C14H5F9O3S/c15-9-3-1-2-6(10(9)16)7-4-5-8(13(18,19)20)11(17)12(7)26-27(24,25)14(21,22)23/h1-5H. The number of halogens is 9. The number of hydrogen-bond acceptors (Lipinski definition) is 3. The van der Waals surface area contributed by atoms with Crippen molar-refractivity contribution >= 4 is 10.1 Å². The van der Waals surface area contributed by atoms with Crippen molar-refractivity contribution in [2.45, 2.75) is 11.7 Å². The minimum Gasteiger partial charge on any atom is -0.372 e. The number of hydrogen-bond donors (Lipinski definition) is 0. The van der Waals surface area contributed by atoms with Gasteiger partial charge in [0.1, 0.15) is 0 Å². The van der Waals surface area contributed by atoms with Crippen molar-refractivity contribution in [3.8, 4) is 16.9 Å². The quantitative estimate of drug-likeness (QED) is 0.395. The number of rotatable bonds is 3. The second-order valence-corrected chi connectivity index (χ2v) is 6.42. The van der Waals surface area contributed by atoms with Gasteiger partial charge in [-0.05, 0) is 18.2 Å². The first-order valence-corrected chi connectivity index (χ1v) is 7.92. The van der Waals surface area contributed by atoms with Crippen LogP contribution in [-0.4, -0.2) is 13.9 Å². The summed E-state index contributed by atoms with van der Waals surface area (Å²) in [4.78, 5) is 0. The van der Waals surface area contributed by atoms with Gasteiger partial charge < -0.3 is 4.18 Å². The Balaban J connectivity index is 2.83. The van der Waals surface area contributed by atoms with Gasteiger partial charge >= 0.3 is 21.8 Å². The van der Waals surface area contributed by atoms with E-state index in [2.05, 4.69) is 4.18 Å². The van der Waals surface area contributed by atoms with Crippen LogP contribution in [0.25, 0.3) is 11.1 Å². The van der Waals surface area contributed by atoms with Gasteiger partial charge in [0.15, 0.2) is 23.2 Å². The molecule has 0 aromatic heterocycles. The summed E-state index contributed by atoms with van der Waals surface area (Å²) in [6.07, 6.45) is -5.44. The zero-order chi connectivity index (χ0) is 20.8. The van der Waals surface area contributed by atoms with E-state index in [0.29, 0.717) is 12.1 Å². The van der Waals surface area contributed by atoms with Crippen molar-refractivity contribution in [1.29, 1.82) is 0 Å². The molecule has 0 fully saturated rings. The lowest BCUT2D eigenvalue weighted by Crippen LogP contribution is -2.29. The molecule has 0 unspecified atom stereocenters. The molecule has 0 amide bonds. The van der Waals surface area contributed by atoms with Crippen LogP contribution in [0.1, 0.15) is 5.56 Å². The Morgan fingerprint density at radius 3 is 1.89 bits per heavy atom. The highest BCUT2D eigenvalue weighted by molar-refractivity contribution is 7.88. The summed E-state index contributed by atoms with van der Waals surface area (Å²) in [7, 11) is -6.61. The van der Waals surface area contributed by atoms with Crippen LogP contribution in [0.2, 0.25) is 0 Å². The van der Waals surface area contributed by atoms with E-state index in [4.69, 9.17) is 0 Å². The van der Waals surface area contributed by atoms with E-state index < -0.39 is 61.7 Å². The molecule has 0 aliphatic rings. The van der Waals surface area contributed by atoms with Crippen molar-refractivity contribution in [3.05, 3.63) is 53.3 Å². The maximum Gasteiger partial charge on any atom is 0.534 e. The SMILES string of the molecule is O=S(=O)(Oc1c(-c2cccc(F)c2F)ccc(C(F)(F)F)c1F)C(F)(F)F. The first-order valence-electron chi connectivity index (χ1n) is 6.51. The van der Waals surface area contributed by atoms with Crippen LogP contribution < -0.4 is 4.18 Å². The Hall–Kier alpha value is -2.44. The minimum absolute atomic E-state index is 0.0160. The fourth-order valence-corrected chi connectivity index (χ4v) is 2.41. The number of benzene rings is 2. The lowest BCUT2D eigenvalue weighted by Gasteiger charge is -2.17. The largest absolute Gasteiger partial charge is 0.534 e. The van der Waals surface area contributed by atoms with Gasteiger partial charge in [0.25, 0.3) is 0 Å². The minimum atomic E-state index is -6.61. The van der Waals surface area contributed by atoms with E-state index >= 15 is 0 Å². The molecule has 3 nitrogen and oxygen atoms in total. The molecule has 0 spiro atoms. The molecule has 0 radical (unpaired) electrons. The molecular formula is C14H5F9O3S. The molecule has 27 heavy (non-hydrogen) atoms. The molecule has 148 valence electrons. The lowest BCUT2D eigenvalue weighted by molar-refractivity contribution is -0.140. The first kappa shape index (κ1) is 20.9. The van der Waals surface area contributed by atoms with Crippen molar-refractivity contribution in [2.75, 3.05) is 0 Å². The Kier molecular flexibility index (Phi) is 5.12. The molecule has 2 rings (SSSR count). The predicted octanol–water partition coefficient (Wildman–Crippen LogP) is 5.02. The summed E-state index contributed by atoms with van der Waals surface area (Å²) in [6, 6.07) is 2.32. The summed E-state index contributed by atoms with van der Waals surface area (Å²) in [6.45, 7) is 0. The summed E-state index contributed by atoms with van der Waals surface area (Å²) in [5, 5.41) is 0. The van der Waals surface area contributed by atoms with Crippen molar-refractivity contribution in [1.82, 2.24) is 0 Å². The van der Waals surface area contributed by atoms with Crippen LogP contribution in [0, 0.1) is 17.5 Å². The average Bonchev–Trinajstić information content (AvgIpc) is 2.49. The molecule has 2 aromatic rings. The third kappa shape index (κ3) is 3.96. The molecule has 2 aromatic carbocycles. The lowest BCUT2D eigenvalue weighted by atomic mass is 10.0. The smallest absolute Gasteiger partial charge is 0.372 e. The van der Waals surface area contributed by atoms with Gasteiger partial charge in [0.2, 0.25) is 0 Å².